The maximum Gasteiger partial charge on any atom is 0.330 e. The molecule has 0 spiro atoms. The molecule has 120 valence electrons. The van der Waals surface area contributed by atoms with Gasteiger partial charge in [-0.05, 0) is 19.9 Å². The van der Waals surface area contributed by atoms with Gasteiger partial charge >= 0.3 is 11.7 Å². The zero-order chi connectivity index (χ0) is 17.0. The Hall–Kier alpha value is -3.08. The number of imidazole rings is 1. The molecule has 0 aliphatic heterocycles. The number of aromatic amines is 1. The van der Waals surface area contributed by atoms with Crippen molar-refractivity contribution in [1.82, 2.24) is 19.1 Å². The molecule has 8 nitrogen and oxygen atoms in total. The fraction of sp³-hybridized carbons (Fsp3) is 0.333. The second-order valence-corrected chi connectivity index (χ2v) is 4.56. The van der Waals surface area contributed by atoms with Crippen LogP contribution < -0.4 is 11.2 Å². The third kappa shape index (κ3) is 3.23. The zero-order valence-corrected chi connectivity index (χ0v) is 13.0. The number of nitrogens with zero attached hydrogens (tertiary/aromatic N) is 3. The van der Waals surface area contributed by atoms with Crippen molar-refractivity contribution in [3.05, 3.63) is 32.7 Å². The first kappa shape index (κ1) is 16.3. The Morgan fingerprint density at radius 2 is 2.17 bits per heavy atom. The summed E-state index contributed by atoms with van der Waals surface area (Å²) in [6.45, 7) is 3.84. The summed E-state index contributed by atoms with van der Waals surface area (Å²) in [5, 5.41) is 0. The third-order valence-corrected chi connectivity index (χ3v) is 3.11. The molecular formula is C15H16N4O4. The molecule has 2 aromatic rings. The van der Waals surface area contributed by atoms with Gasteiger partial charge in [0.25, 0.3) is 5.56 Å². The zero-order valence-electron chi connectivity index (χ0n) is 13.0. The Morgan fingerprint density at radius 1 is 1.43 bits per heavy atom. The van der Waals surface area contributed by atoms with Crippen molar-refractivity contribution in [3.8, 4) is 11.8 Å². The smallest absolute Gasteiger partial charge is 0.330 e. The Kier molecular flexibility index (Phi) is 4.81. The van der Waals surface area contributed by atoms with E-state index in [-0.39, 0.29) is 24.3 Å². The number of esters is 1. The molecule has 0 saturated heterocycles. The van der Waals surface area contributed by atoms with Crippen molar-refractivity contribution in [3.63, 3.8) is 0 Å². The molecule has 0 saturated carbocycles. The number of ether oxygens (including phenoxy) is 1. The van der Waals surface area contributed by atoms with Crippen molar-refractivity contribution in [2.45, 2.75) is 20.4 Å². The Labute approximate surface area is 131 Å². The van der Waals surface area contributed by atoms with Crippen LogP contribution in [0.15, 0.2) is 15.7 Å². The van der Waals surface area contributed by atoms with Crippen molar-refractivity contribution < 1.29 is 9.53 Å². The van der Waals surface area contributed by atoms with Gasteiger partial charge in [-0.1, -0.05) is 5.92 Å². The summed E-state index contributed by atoms with van der Waals surface area (Å²) >= 11 is 0. The van der Waals surface area contributed by atoms with Gasteiger partial charge in [-0.3, -0.25) is 14.3 Å². The molecule has 0 unspecified atom stereocenters. The molecule has 8 heteroatoms. The minimum Gasteiger partial charge on any atom is -0.463 e. The molecule has 0 radical (unpaired) electrons. The number of H-pyrrole nitrogens is 1. The lowest BCUT2D eigenvalue weighted by Crippen LogP contribution is -2.29. The number of carbonyl (C=O) groups is 1. The van der Waals surface area contributed by atoms with Crippen molar-refractivity contribution in [2.75, 3.05) is 6.61 Å². The van der Waals surface area contributed by atoms with Crippen LogP contribution in [0.4, 0.5) is 0 Å². The summed E-state index contributed by atoms with van der Waals surface area (Å²) in [5.74, 6) is 5.39. The number of fused-ring (bicyclic) bond motifs is 1. The van der Waals surface area contributed by atoms with Gasteiger partial charge in [0, 0.05) is 13.1 Å². The van der Waals surface area contributed by atoms with Gasteiger partial charge in [0.15, 0.2) is 11.2 Å². The van der Waals surface area contributed by atoms with Crippen LogP contribution in [0.1, 0.15) is 19.7 Å². The lowest BCUT2D eigenvalue weighted by molar-refractivity contribution is -0.137. The molecular weight excluding hydrogens is 300 g/mol. The summed E-state index contributed by atoms with van der Waals surface area (Å²) in [6.07, 6.45) is 2.64. The molecule has 23 heavy (non-hydrogen) atoms. The maximum absolute atomic E-state index is 12.1. The van der Waals surface area contributed by atoms with Gasteiger partial charge in [-0.15, -0.1) is 5.92 Å². The van der Waals surface area contributed by atoms with Crippen LogP contribution >= 0.6 is 0 Å². The largest absolute Gasteiger partial charge is 0.463 e. The predicted molar refractivity (Wildman–Crippen MR) is 84.7 cm³/mol. The van der Waals surface area contributed by atoms with E-state index in [4.69, 9.17) is 4.74 Å². The number of hydrogen-bond donors (Lipinski definition) is 1. The number of aromatic nitrogens is 4. The molecule has 2 aromatic heterocycles. The van der Waals surface area contributed by atoms with E-state index in [9.17, 15) is 14.4 Å². The van der Waals surface area contributed by atoms with Crippen LogP contribution in [0, 0.1) is 11.8 Å². The lowest BCUT2D eigenvalue weighted by Gasteiger charge is -2.01. The highest BCUT2D eigenvalue weighted by Gasteiger charge is 2.15. The van der Waals surface area contributed by atoms with Gasteiger partial charge in [-0.25, -0.2) is 14.6 Å². The second-order valence-electron chi connectivity index (χ2n) is 4.56. The lowest BCUT2D eigenvalue weighted by atomic mass is 10.4. The predicted octanol–water partition coefficient (Wildman–Crippen LogP) is 0.0229. The summed E-state index contributed by atoms with van der Waals surface area (Å²) in [4.78, 5) is 41.7. The number of aryl methyl sites for hydroxylation is 1. The number of hydrogen-bond acceptors (Lipinski definition) is 5. The van der Waals surface area contributed by atoms with Crippen LogP contribution in [-0.4, -0.2) is 31.7 Å². The van der Waals surface area contributed by atoms with Gasteiger partial charge in [0.2, 0.25) is 0 Å². The normalized spacial score (nSPS) is 10.7. The number of carbonyl (C=O) groups excluding carboxylic acids is 1. The van der Waals surface area contributed by atoms with Crippen LogP contribution in [0.5, 0.6) is 0 Å². The quantitative estimate of drug-likeness (QED) is 0.487. The molecule has 1 N–H and O–H groups in total. The molecule has 0 aliphatic carbocycles. The highest BCUT2D eigenvalue weighted by molar-refractivity contribution is 5.87. The Bertz CT molecular complexity index is 950. The van der Waals surface area contributed by atoms with Crippen molar-refractivity contribution in [1.29, 1.82) is 0 Å². The number of rotatable bonds is 4. The van der Waals surface area contributed by atoms with Gasteiger partial charge < -0.3 is 9.30 Å². The van der Waals surface area contributed by atoms with E-state index in [0.717, 1.165) is 0 Å². The van der Waals surface area contributed by atoms with E-state index in [2.05, 4.69) is 21.8 Å². The Morgan fingerprint density at radius 3 is 2.83 bits per heavy atom. The summed E-state index contributed by atoms with van der Waals surface area (Å²) in [7, 11) is 1.50. The second kappa shape index (κ2) is 6.79. The van der Waals surface area contributed by atoms with Crippen LogP contribution in [0.3, 0.4) is 0 Å². The molecule has 0 amide bonds. The first-order valence-electron chi connectivity index (χ1n) is 6.93. The van der Waals surface area contributed by atoms with Crippen molar-refractivity contribution in [2.24, 2.45) is 7.05 Å². The third-order valence-electron chi connectivity index (χ3n) is 3.11. The average molecular weight is 316 g/mol. The van der Waals surface area contributed by atoms with E-state index < -0.39 is 17.2 Å². The monoisotopic (exact) mass is 316 g/mol. The van der Waals surface area contributed by atoms with Gasteiger partial charge in [0.05, 0.1) is 13.2 Å². The maximum atomic E-state index is 12.1. The van der Waals surface area contributed by atoms with Crippen molar-refractivity contribution >= 4 is 23.2 Å². The first-order valence-corrected chi connectivity index (χ1v) is 6.93. The minimum atomic E-state index is -0.561. The van der Waals surface area contributed by atoms with Crippen LogP contribution in [0.25, 0.3) is 17.2 Å². The minimum absolute atomic E-state index is 0.205. The average Bonchev–Trinajstić information content (AvgIpc) is 2.88. The number of nitrogens with one attached hydrogen (secondary N) is 1. The van der Waals surface area contributed by atoms with Gasteiger partial charge in [-0.2, -0.15) is 0 Å². The summed E-state index contributed by atoms with van der Waals surface area (Å²) in [5.41, 5.74) is -0.669. The van der Waals surface area contributed by atoms with E-state index in [1.807, 2.05) is 0 Å². The molecule has 2 heterocycles. The SMILES string of the molecule is CC#CCn1c(C=CC(=O)OCC)nc2c1c(=O)[nH]c(=O)n2C. The highest BCUT2D eigenvalue weighted by Crippen LogP contribution is 2.12. The van der Waals surface area contributed by atoms with Crippen LogP contribution in [-0.2, 0) is 23.1 Å². The fourth-order valence-electron chi connectivity index (χ4n) is 2.03. The summed E-state index contributed by atoms with van der Waals surface area (Å²) < 4.78 is 7.58. The molecule has 0 aromatic carbocycles. The first-order chi connectivity index (χ1) is 11.0. The van der Waals surface area contributed by atoms with E-state index >= 15 is 0 Å². The summed E-state index contributed by atoms with van der Waals surface area (Å²) in [6, 6.07) is 0. The topological polar surface area (TPSA) is 99.0 Å². The molecule has 0 atom stereocenters. The highest BCUT2D eigenvalue weighted by atomic mass is 16.5. The van der Waals surface area contributed by atoms with Crippen LogP contribution in [0.2, 0.25) is 0 Å². The standard InChI is InChI=1S/C15H16N4O4/c1-4-6-9-19-10(7-8-11(20)23-5-2)16-13-12(19)14(21)17-15(22)18(13)3/h7-8H,5,9H2,1-3H3,(H,17,21,22). The fourth-order valence-corrected chi connectivity index (χ4v) is 2.03. The van der Waals surface area contributed by atoms with E-state index in [1.54, 1.807) is 18.4 Å². The van der Waals surface area contributed by atoms with Gasteiger partial charge in [0.1, 0.15) is 5.82 Å². The molecule has 2 rings (SSSR count). The molecule has 0 aliphatic rings. The van der Waals surface area contributed by atoms with E-state index in [1.165, 1.54) is 23.8 Å². The molecule has 0 bridgehead atoms. The van der Waals surface area contributed by atoms with E-state index in [0.29, 0.717) is 5.82 Å². The Balaban J connectivity index is 2.67. The molecule has 0 fully saturated rings.